The van der Waals surface area contributed by atoms with E-state index in [1.54, 1.807) is 25.1 Å². The number of hydrogen-bond donors (Lipinski definition) is 1. The Morgan fingerprint density at radius 3 is 2.58 bits per heavy atom. The summed E-state index contributed by atoms with van der Waals surface area (Å²) in [5.74, 6) is -0.672. The zero-order valence-corrected chi connectivity index (χ0v) is 10.6. The maximum atomic E-state index is 13.7. The topological polar surface area (TPSA) is 35.2 Å². The second kappa shape index (κ2) is 5.80. The first kappa shape index (κ1) is 13.5. The third-order valence-electron chi connectivity index (χ3n) is 2.77. The Balaban J connectivity index is 2.07. The van der Waals surface area contributed by atoms with Gasteiger partial charge in [-0.3, -0.25) is 0 Å². The molecule has 0 aliphatic carbocycles. The van der Waals surface area contributed by atoms with E-state index in [9.17, 15) is 8.78 Å². The highest BCUT2D eigenvalue weighted by Crippen LogP contribution is 2.22. The molecule has 19 heavy (non-hydrogen) atoms. The van der Waals surface area contributed by atoms with Gasteiger partial charge in [0.15, 0.2) is 11.6 Å². The fourth-order valence-corrected chi connectivity index (χ4v) is 1.71. The molecule has 0 saturated heterocycles. The molecular formula is C15H15F2NO. The lowest BCUT2D eigenvalue weighted by Gasteiger charge is -2.10. The number of hydrogen-bond acceptors (Lipinski definition) is 2. The maximum Gasteiger partial charge on any atom is 0.165 e. The van der Waals surface area contributed by atoms with Crippen molar-refractivity contribution in [3.05, 3.63) is 65.2 Å². The fourth-order valence-electron chi connectivity index (χ4n) is 1.71. The van der Waals surface area contributed by atoms with E-state index in [2.05, 4.69) is 0 Å². The minimum Gasteiger partial charge on any atom is -0.486 e. The van der Waals surface area contributed by atoms with Gasteiger partial charge in [-0.2, -0.15) is 0 Å². The van der Waals surface area contributed by atoms with E-state index in [1.165, 1.54) is 24.3 Å². The molecule has 0 bridgehead atoms. The molecule has 0 aliphatic heterocycles. The minimum absolute atomic E-state index is 0.117. The van der Waals surface area contributed by atoms with Crippen LogP contribution in [0.4, 0.5) is 8.78 Å². The summed E-state index contributed by atoms with van der Waals surface area (Å²) in [5, 5.41) is 0. The normalized spacial score (nSPS) is 12.2. The van der Waals surface area contributed by atoms with Crippen LogP contribution in [0.3, 0.4) is 0 Å². The number of benzene rings is 2. The van der Waals surface area contributed by atoms with Gasteiger partial charge in [-0.05, 0) is 42.3 Å². The third kappa shape index (κ3) is 3.51. The predicted octanol–water partition coefficient (Wildman–Crippen LogP) is 3.56. The molecule has 0 aliphatic rings. The Morgan fingerprint density at radius 2 is 1.95 bits per heavy atom. The third-order valence-corrected chi connectivity index (χ3v) is 2.77. The van der Waals surface area contributed by atoms with Crippen molar-refractivity contribution in [3.8, 4) is 5.75 Å². The molecule has 2 nitrogen and oxygen atoms in total. The van der Waals surface area contributed by atoms with Crippen molar-refractivity contribution < 1.29 is 13.5 Å². The molecule has 2 aromatic carbocycles. The van der Waals surface area contributed by atoms with Gasteiger partial charge >= 0.3 is 0 Å². The molecule has 0 heterocycles. The van der Waals surface area contributed by atoms with Gasteiger partial charge in [-0.15, -0.1) is 0 Å². The van der Waals surface area contributed by atoms with E-state index < -0.39 is 5.82 Å². The molecule has 4 heteroatoms. The summed E-state index contributed by atoms with van der Waals surface area (Å²) in [6, 6.07) is 10.4. The molecule has 2 N–H and O–H groups in total. The molecule has 0 amide bonds. The van der Waals surface area contributed by atoms with Gasteiger partial charge in [0.25, 0.3) is 0 Å². The monoisotopic (exact) mass is 263 g/mol. The van der Waals surface area contributed by atoms with E-state index in [0.29, 0.717) is 11.1 Å². The van der Waals surface area contributed by atoms with Crippen molar-refractivity contribution in [1.29, 1.82) is 0 Å². The largest absolute Gasteiger partial charge is 0.486 e. The van der Waals surface area contributed by atoms with Gasteiger partial charge < -0.3 is 10.5 Å². The second-order valence-electron chi connectivity index (χ2n) is 4.40. The maximum absolute atomic E-state index is 13.7. The van der Waals surface area contributed by atoms with E-state index in [0.717, 1.165) is 0 Å². The molecule has 0 saturated carbocycles. The van der Waals surface area contributed by atoms with Crippen LogP contribution in [0.25, 0.3) is 0 Å². The smallest absolute Gasteiger partial charge is 0.165 e. The second-order valence-corrected chi connectivity index (χ2v) is 4.40. The highest BCUT2D eigenvalue weighted by molar-refractivity contribution is 5.31. The molecule has 2 aromatic rings. The van der Waals surface area contributed by atoms with Gasteiger partial charge in [-0.25, -0.2) is 8.78 Å². The quantitative estimate of drug-likeness (QED) is 0.915. The highest BCUT2D eigenvalue weighted by atomic mass is 19.1. The molecule has 0 fully saturated rings. The van der Waals surface area contributed by atoms with E-state index in [1.807, 2.05) is 0 Å². The summed E-state index contributed by atoms with van der Waals surface area (Å²) in [6.07, 6.45) is 0. The van der Waals surface area contributed by atoms with Crippen LogP contribution in [0.15, 0.2) is 42.5 Å². The lowest BCUT2D eigenvalue weighted by atomic mass is 10.1. The highest BCUT2D eigenvalue weighted by Gasteiger charge is 2.07. The van der Waals surface area contributed by atoms with Gasteiger partial charge in [-0.1, -0.05) is 18.2 Å². The zero-order chi connectivity index (χ0) is 13.8. The van der Waals surface area contributed by atoms with Gasteiger partial charge in [0, 0.05) is 6.04 Å². The molecule has 1 atom stereocenters. The number of halogens is 2. The van der Waals surface area contributed by atoms with Crippen molar-refractivity contribution in [1.82, 2.24) is 0 Å². The summed E-state index contributed by atoms with van der Waals surface area (Å²) in [5.41, 5.74) is 7.02. The number of rotatable bonds is 4. The van der Waals surface area contributed by atoms with Crippen LogP contribution in [0.5, 0.6) is 5.75 Å². The van der Waals surface area contributed by atoms with Crippen LogP contribution in [0.1, 0.15) is 24.1 Å². The zero-order valence-electron chi connectivity index (χ0n) is 10.6. The summed E-state index contributed by atoms with van der Waals surface area (Å²) in [4.78, 5) is 0. The van der Waals surface area contributed by atoms with Crippen molar-refractivity contribution in [2.75, 3.05) is 0 Å². The Bertz CT molecular complexity index is 570. The minimum atomic E-state index is -0.466. The lowest BCUT2D eigenvalue weighted by molar-refractivity contribution is 0.289. The summed E-state index contributed by atoms with van der Waals surface area (Å²) in [6.45, 7) is 1.90. The molecule has 100 valence electrons. The molecule has 0 spiro atoms. The van der Waals surface area contributed by atoms with Crippen molar-refractivity contribution in [2.24, 2.45) is 5.73 Å². The van der Waals surface area contributed by atoms with Crippen molar-refractivity contribution in [3.63, 3.8) is 0 Å². The number of ether oxygens (including phenoxy) is 1. The fraction of sp³-hybridized carbons (Fsp3) is 0.200. The van der Waals surface area contributed by atoms with E-state index >= 15 is 0 Å². The van der Waals surface area contributed by atoms with Crippen LogP contribution in [-0.4, -0.2) is 0 Å². The number of nitrogens with two attached hydrogens (primary N) is 1. The van der Waals surface area contributed by atoms with Crippen molar-refractivity contribution >= 4 is 0 Å². The molecule has 1 unspecified atom stereocenters. The summed E-state index contributed by atoms with van der Waals surface area (Å²) < 4.78 is 32.0. The Kier molecular flexibility index (Phi) is 4.12. The standard InChI is InChI=1S/C15H15F2NO/c1-10(18)12-5-6-15(14(17)8-12)19-9-11-3-2-4-13(16)7-11/h2-8,10H,9,18H2,1H3. The van der Waals surface area contributed by atoms with E-state index in [4.69, 9.17) is 10.5 Å². The van der Waals surface area contributed by atoms with Crippen molar-refractivity contribution in [2.45, 2.75) is 19.6 Å². The van der Waals surface area contributed by atoms with Gasteiger partial charge in [0.05, 0.1) is 0 Å². The Morgan fingerprint density at radius 1 is 1.16 bits per heavy atom. The first-order chi connectivity index (χ1) is 9.06. The van der Waals surface area contributed by atoms with Crippen LogP contribution >= 0.6 is 0 Å². The molecule has 2 rings (SSSR count). The van der Waals surface area contributed by atoms with Gasteiger partial charge in [0.2, 0.25) is 0 Å². The predicted molar refractivity (Wildman–Crippen MR) is 69.7 cm³/mol. The van der Waals surface area contributed by atoms with Crippen LogP contribution < -0.4 is 10.5 Å². The van der Waals surface area contributed by atoms with Crippen LogP contribution in [0.2, 0.25) is 0 Å². The first-order valence-corrected chi connectivity index (χ1v) is 5.98. The Hall–Kier alpha value is -1.94. The molecular weight excluding hydrogens is 248 g/mol. The average molecular weight is 263 g/mol. The van der Waals surface area contributed by atoms with Crippen LogP contribution in [0, 0.1) is 11.6 Å². The Labute approximate surface area is 110 Å². The SMILES string of the molecule is CC(N)c1ccc(OCc2cccc(F)c2)c(F)c1. The first-order valence-electron chi connectivity index (χ1n) is 5.98. The lowest BCUT2D eigenvalue weighted by Crippen LogP contribution is -2.06. The molecule has 0 aromatic heterocycles. The van der Waals surface area contributed by atoms with E-state index in [-0.39, 0.29) is 24.2 Å². The summed E-state index contributed by atoms with van der Waals surface area (Å²) >= 11 is 0. The molecule has 0 radical (unpaired) electrons. The average Bonchev–Trinajstić information content (AvgIpc) is 2.37. The van der Waals surface area contributed by atoms with Crippen LogP contribution in [-0.2, 0) is 6.61 Å². The van der Waals surface area contributed by atoms with Gasteiger partial charge in [0.1, 0.15) is 12.4 Å². The summed E-state index contributed by atoms with van der Waals surface area (Å²) in [7, 11) is 0.